The molecule has 0 aliphatic carbocycles. The van der Waals surface area contributed by atoms with Crippen molar-refractivity contribution in [3.05, 3.63) is 71.5 Å². The number of likely N-dealkylation sites (tertiary alicyclic amines) is 1. The molecule has 0 saturated carbocycles. The Morgan fingerprint density at radius 3 is 2.45 bits per heavy atom. The summed E-state index contributed by atoms with van der Waals surface area (Å²) in [6.45, 7) is 6.24. The van der Waals surface area contributed by atoms with E-state index in [1.54, 1.807) is 11.8 Å². The van der Waals surface area contributed by atoms with Crippen LogP contribution in [0.15, 0.2) is 59.8 Å². The van der Waals surface area contributed by atoms with Crippen LogP contribution in [0.25, 0.3) is 5.69 Å². The minimum atomic E-state index is 0.319. The molecule has 0 unspecified atom stereocenters. The lowest BCUT2D eigenvalue weighted by atomic mass is 9.99. The van der Waals surface area contributed by atoms with E-state index in [2.05, 4.69) is 82.0 Å². The van der Waals surface area contributed by atoms with Crippen molar-refractivity contribution >= 4 is 17.7 Å². The number of rotatable bonds is 9. The minimum absolute atomic E-state index is 0.319. The first-order valence-corrected chi connectivity index (χ1v) is 13.0. The van der Waals surface area contributed by atoms with Crippen LogP contribution < -0.4 is 0 Å². The van der Waals surface area contributed by atoms with Crippen LogP contribution in [0.5, 0.6) is 0 Å². The first kappa shape index (κ1) is 23.6. The third kappa shape index (κ3) is 6.47. The molecule has 1 fully saturated rings. The number of aryl methyl sites for hydroxylation is 1. The van der Waals surface area contributed by atoms with Crippen LogP contribution in [0.3, 0.4) is 0 Å². The third-order valence-electron chi connectivity index (χ3n) is 6.35. The number of piperidine rings is 1. The van der Waals surface area contributed by atoms with E-state index in [0.717, 1.165) is 73.5 Å². The first-order chi connectivity index (χ1) is 16.1. The number of unbranched alkanes of at least 4 members (excludes halogenated alkanes) is 1. The molecule has 1 aliphatic heterocycles. The maximum absolute atomic E-state index is 12.5. The molecule has 0 bridgehead atoms. The van der Waals surface area contributed by atoms with E-state index in [0.29, 0.717) is 12.3 Å². The van der Waals surface area contributed by atoms with Gasteiger partial charge in [0.05, 0.1) is 0 Å². The molecule has 0 radical (unpaired) electrons. The Morgan fingerprint density at radius 2 is 1.73 bits per heavy atom. The Hall–Kier alpha value is -2.60. The highest BCUT2D eigenvalue weighted by Crippen LogP contribution is 2.25. The number of aromatic nitrogens is 3. The van der Waals surface area contributed by atoms with Gasteiger partial charge in [-0.15, -0.1) is 10.2 Å². The zero-order valence-electron chi connectivity index (χ0n) is 19.7. The Morgan fingerprint density at radius 1 is 1.00 bits per heavy atom. The minimum Gasteiger partial charge on any atom is -0.343 e. The van der Waals surface area contributed by atoms with Gasteiger partial charge in [-0.05, 0) is 56.2 Å². The largest absolute Gasteiger partial charge is 0.343 e. The third-order valence-corrected chi connectivity index (χ3v) is 7.37. The van der Waals surface area contributed by atoms with Crippen LogP contribution in [0.2, 0.25) is 0 Å². The van der Waals surface area contributed by atoms with Gasteiger partial charge in [-0.1, -0.05) is 66.7 Å². The molecule has 1 aliphatic rings. The van der Waals surface area contributed by atoms with Crippen molar-refractivity contribution in [2.24, 2.45) is 5.92 Å². The molecule has 1 saturated heterocycles. The molecule has 174 valence electrons. The fraction of sp³-hybridized carbons (Fsp3) is 0.444. The Labute approximate surface area is 201 Å². The van der Waals surface area contributed by atoms with E-state index in [1.165, 1.54) is 11.1 Å². The lowest BCUT2D eigenvalue weighted by Gasteiger charge is -2.30. The predicted molar refractivity (Wildman–Crippen MR) is 135 cm³/mol. The summed E-state index contributed by atoms with van der Waals surface area (Å²) in [6.07, 6.45) is 5.59. The summed E-state index contributed by atoms with van der Waals surface area (Å²) in [7, 11) is 0. The van der Waals surface area contributed by atoms with Crippen LogP contribution in [0.4, 0.5) is 0 Å². The number of thioether (sulfide) groups is 1. The van der Waals surface area contributed by atoms with E-state index in [1.807, 2.05) is 6.07 Å². The number of nitrogens with zero attached hydrogens (tertiary/aromatic N) is 4. The summed E-state index contributed by atoms with van der Waals surface area (Å²) in [4.78, 5) is 14.5. The normalized spacial score (nSPS) is 14.5. The Bertz CT molecular complexity index is 1020. The number of hydrogen-bond donors (Lipinski definition) is 0. The maximum Gasteiger partial charge on any atom is 0.222 e. The van der Waals surface area contributed by atoms with Gasteiger partial charge in [-0.2, -0.15) is 0 Å². The van der Waals surface area contributed by atoms with Crippen molar-refractivity contribution in [1.82, 2.24) is 19.7 Å². The zero-order valence-corrected chi connectivity index (χ0v) is 20.6. The van der Waals surface area contributed by atoms with Gasteiger partial charge in [0, 0.05) is 37.4 Å². The summed E-state index contributed by atoms with van der Waals surface area (Å²) >= 11 is 1.73. The van der Waals surface area contributed by atoms with Crippen molar-refractivity contribution in [2.45, 2.75) is 57.5 Å². The van der Waals surface area contributed by atoms with Gasteiger partial charge in [0.1, 0.15) is 5.82 Å². The summed E-state index contributed by atoms with van der Waals surface area (Å²) in [5.74, 6) is 2.95. The van der Waals surface area contributed by atoms with Gasteiger partial charge >= 0.3 is 0 Å². The molecule has 2 aromatic carbocycles. The molecule has 0 atom stereocenters. The van der Waals surface area contributed by atoms with Gasteiger partial charge in [0.15, 0.2) is 5.16 Å². The second-order valence-electron chi connectivity index (χ2n) is 9.10. The van der Waals surface area contributed by atoms with Gasteiger partial charge in [0.25, 0.3) is 0 Å². The molecule has 0 N–H and O–H groups in total. The van der Waals surface area contributed by atoms with E-state index < -0.39 is 0 Å². The molecule has 6 heteroatoms. The second-order valence-corrected chi connectivity index (χ2v) is 10.2. The van der Waals surface area contributed by atoms with Gasteiger partial charge in [-0.3, -0.25) is 9.36 Å². The van der Waals surface area contributed by atoms with Gasteiger partial charge < -0.3 is 4.90 Å². The fourth-order valence-corrected chi connectivity index (χ4v) is 5.17. The van der Waals surface area contributed by atoms with Crippen LogP contribution in [0, 0.1) is 12.8 Å². The average Bonchev–Trinajstić information content (AvgIpc) is 3.22. The predicted octanol–water partition coefficient (Wildman–Crippen LogP) is 5.69. The summed E-state index contributed by atoms with van der Waals surface area (Å²) in [5.41, 5.74) is 3.55. The van der Waals surface area contributed by atoms with Crippen molar-refractivity contribution < 1.29 is 4.79 Å². The summed E-state index contributed by atoms with van der Waals surface area (Å²) in [5, 5.41) is 9.98. The summed E-state index contributed by atoms with van der Waals surface area (Å²) in [6, 6.07) is 18.9. The highest BCUT2D eigenvalue weighted by Gasteiger charge is 2.20. The topological polar surface area (TPSA) is 51.0 Å². The molecule has 4 rings (SSSR count). The second kappa shape index (κ2) is 11.5. The van der Waals surface area contributed by atoms with Crippen LogP contribution >= 0.6 is 11.8 Å². The van der Waals surface area contributed by atoms with Crippen LogP contribution in [-0.2, 0) is 11.2 Å². The molecule has 1 aromatic heterocycles. The highest BCUT2D eigenvalue weighted by atomic mass is 32.2. The van der Waals surface area contributed by atoms with Crippen molar-refractivity contribution in [3.63, 3.8) is 0 Å². The molecule has 33 heavy (non-hydrogen) atoms. The molecule has 0 spiro atoms. The number of amides is 1. The van der Waals surface area contributed by atoms with E-state index >= 15 is 0 Å². The van der Waals surface area contributed by atoms with Crippen molar-refractivity contribution in [3.8, 4) is 5.69 Å². The Balaban J connectivity index is 1.36. The van der Waals surface area contributed by atoms with E-state index in [-0.39, 0.29) is 0 Å². The molecule has 2 heterocycles. The fourth-order valence-electron chi connectivity index (χ4n) is 4.20. The van der Waals surface area contributed by atoms with Gasteiger partial charge in [-0.25, -0.2) is 0 Å². The molecule has 1 amide bonds. The zero-order chi connectivity index (χ0) is 23.0. The van der Waals surface area contributed by atoms with E-state index in [4.69, 9.17) is 0 Å². The lowest BCUT2D eigenvalue weighted by molar-refractivity contribution is -0.132. The molecule has 5 nitrogen and oxygen atoms in total. The monoisotopic (exact) mass is 462 g/mol. The number of carbonyl (C=O) groups excluding carboxylic acids is 1. The molecular weight excluding hydrogens is 428 g/mol. The molecule has 3 aromatic rings. The standard InChI is InChI=1S/C27H34N4OS/c1-21-11-13-24(14-12-21)31-25(20-23-8-4-3-5-9-23)28-29-27(31)33-19-7-6-10-26(32)30-17-15-22(2)16-18-30/h3-5,8-9,11-14,22H,6-7,10,15-20H2,1-2H3. The lowest BCUT2D eigenvalue weighted by Crippen LogP contribution is -2.37. The van der Waals surface area contributed by atoms with Crippen LogP contribution in [-0.4, -0.2) is 44.4 Å². The maximum atomic E-state index is 12.5. The average molecular weight is 463 g/mol. The quantitative estimate of drug-likeness (QED) is 0.303. The van der Waals surface area contributed by atoms with Crippen molar-refractivity contribution in [1.29, 1.82) is 0 Å². The van der Waals surface area contributed by atoms with Crippen molar-refractivity contribution in [2.75, 3.05) is 18.8 Å². The van der Waals surface area contributed by atoms with E-state index in [9.17, 15) is 4.79 Å². The van der Waals surface area contributed by atoms with Crippen LogP contribution in [0.1, 0.15) is 56.0 Å². The Kier molecular flexibility index (Phi) is 8.21. The number of benzene rings is 2. The number of carbonyl (C=O) groups is 1. The first-order valence-electron chi connectivity index (χ1n) is 12.1. The SMILES string of the molecule is Cc1ccc(-n2c(Cc3ccccc3)nnc2SCCCCC(=O)N2CCC(C)CC2)cc1. The smallest absolute Gasteiger partial charge is 0.222 e. The molecular formula is C27H34N4OS. The summed E-state index contributed by atoms with van der Waals surface area (Å²) < 4.78 is 2.18. The van der Waals surface area contributed by atoms with Gasteiger partial charge in [0.2, 0.25) is 5.91 Å². The number of hydrogen-bond acceptors (Lipinski definition) is 4. The highest BCUT2D eigenvalue weighted by molar-refractivity contribution is 7.99.